The lowest BCUT2D eigenvalue weighted by Gasteiger charge is -2.32. The number of carbonyl (C=O) groups excluding carboxylic acids is 2. The molecule has 27 heavy (non-hydrogen) atoms. The molecule has 0 saturated carbocycles. The second kappa shape index (κ2) is 9.06. The zero-order chi connectivity index (χ0) is 18.7. The highest BCUT2D eigenvalue weighted by atomic mass is 35.5. The standard InChI is InChI=1S/C19H30N4O3.ClH/c1-19(2,3)16-10-15(22-26-16)18(25)23-9-5-6-13(12-23)11-21-17(24)14-7-4-8-20-14;/h10,13-14,20H,4-9,11-12H2,1-3H3,(H,21,24);1H. The minimum atomic E-state index is -0.172. The molecule has 0 aromatic carbocycles. The second-order valence-corrected chi connectivity index (χ2v) is 8.48. The number of aromatic nitrogens is 1. The van der Waals surface area contributed by atoms with Gasteiger partial charge in [0.15, 0.2) is 5.69 Å². The summed E-state index contributed by atoms with van der Waals surface area (Å²) in [7, 11) is 0. The molecular weight excluding hydrogens is 368 g/mol. The number of halogens is 1. The van der Waals surface area contributed by atoms with Crippen LogP contribution in [0.1, 0.15) is 62.7 Å². The van der Waals surface area contributed by atoms with Crippen molar-refractivity contribution < 1.29 is 14.1 Å². The van der Waals surface area contributed by atoms with Crippen molar-refractivity contribution in [2.45, 2.75) is 57.9 Å². The summed E-state index contributed by atoms with van der Waals surface area (Å²) in [6.45, 7) is 8.99. The average molecular weight is 399 g/mol. The van der Waals surface area contributed by atoms with E-state index in [1.165, 1.54) is 0 Å². The van der Waals surface area contributed by atoms with Crippen LogP contribution in [0.3, 0.4) is 0 Å². The SMILES string of the molecule is CC(C)(C)c1cc(C(=O)N2CCCC(CNC(=O)C3CCCN3)C2)no1.Cl. The predicted octanol–water partition coefficient (Wildman–Crippen LogP) is 2.11. The first kappa shape index (κ1) is 21.7. The van der Waals surface area contributed by atoms with Crippen LogP contribution < -0.4 is 10.6 Å². The van der Waals surface area contributed by atoms with Crippen molar-refractivity contribution in [3.63, 3.8) is 0 Å². The molecule has 2 unspecified atom stereocenters. The summed E-state index contributed by atoms with van der Waals surface area (Å²) in [5.74, 6) is 0.993. The summed E-state index contributed by atoms with van der Waals surface area (Å²) in [5, 5.41) is 10.2. The van der Waals surface area contributed by atoms with Crippen LogP contribution in [-0.4, -0.2) is 54.1 Å². The lowest BCUT2D eigenvalue weighted by atomic mass is 9.93. The summed E-state index contributed by atoms with van der Waals surface area (Å²) in [6, 6.07) is 1.70. The summed E-state index contributed by atoms with van der Waals surface area (Å²) >= 11 is 0. The van der Waals surface area contributed by atoms with Gasteiger partial charge in [-0.15, -0.1) is 12.4 Å². The fraction of sp³-hybridized carbons (Fsp3) is 0.737. The third-order valence-electron chi connectivity index (χ3n) is 5.22. The van der Waals surface area contributed by atoms with Gasteiger partial charge in [-0.05, 0) is 38.1 Å². The van der Waals surface area contributed by atoms with Crippen molar-refractivity contribution in [1.29, 1.82) is 0 Å². The van der Waals surface area contributed by atoms with Gasteiger partial charge in [-0.1, -0.05) is 25.9 Å². The number of piperidine rings is 1. The van der Waals surface area contributed by atoms with E-state index >= 15 is 0 Å². The monoisotopic (exact) mass is 398 g/mol. The first-order valence-electron chi connectivity index (χ1n) is 9.62. The first-order valence-corrected chi connectivity index (χ1v) is 9.62. The number of nitrogens with one attached hydrogen (secondary N) is 2. The highest BCUT2D eigenvalue weighted by Gasteiger charge is 2.29. The summed E-state index contributed by atoms with van der Waals surface area (Å²) in [6.07, 6.45) is 3.92. The van der Waals surface area contributed by atoms with Gasteiger partial charge in [0.1, 0.15) is 5.76 Å². The van der Waals surface area contributed by atoms with Gasteiger partial charge in [0.2, 0.25) is 5.91 Å². The number of likely N-dealkylation sites (tertiary alicyclic amines) is 1. The topological polar surface area (TPSA) is 87.5 Å². The third kappa shape index (κ3) is 5.45. The Bertz CT molecular complexity index is 650. The Labute approximate surface area is 167 Å². The van der Waals surface area contributed by atoms with Crippen LogP contribution in [-0.2, 0) is 10.2 Å². The van der Waals surface area contributed by atoms with Gasteiger partial charge in [0, 0.05) is 31.1 Å². The number of rotatable bonds is 4. The van der Waals surface area contributed by atoms with E-state index in [1.807, 2.05) is 25.7 Å². The summed E-state index contributed by atoms with van der Waals surface area (Å²) in [4.78, 5) is 26.7. The Kier molecular flexibility index (Phi) is 7.28. The van der Waals surface area contributed by atoms with E-state index < -0.39 is 0 Å². The van der Waals surface area contributed by atoms with E-state index in [1.54, 1.807) is 6.07 Å². The molecule has 2 fully saturated rings. The van der Waals surface area contributed by atoms with E-state index in [2.05, 4.69) is 15.8 Å². The Balaban J connectivity index is 0.00000261. The molecule has 2 atom stereocenters. The van der Waals surface area contributed by atoms with Crippen LogP contribution in [0.5, 0.6) is 0 Å². The van der Waals surface area contributed by atoms with Crippen LogP contribution in [0, 0.1) is 5.92 Å². The molecule has 0 spiro atoms. The Morgan fingerprint density at radius 3 is 2.74 bits per heavy atom. The van der Waals surface area contributed by atoms with E-state index in [-0.39, 0.29) is 41.6 Å². The minimum Gasteiger partial charge on any atom is -0.360 e. The van der Waals surface area contributed by atoms with E-state index in [0.29, 0.717) is 24.5 Å². The lowest BCUT2D eigenvalue weighted by molar-refractivity contribution is -0.123. The molecule has 1 aromatic heterocycles. The van der Waals surface area contributed by atoms with Crippen molar-refractivity contribution in [2.75, 3.05) is 26.2 Å². The number of nitrogens with zero attached hydrogens (tertiary/aromatic N) is 2. The van der Waals surface area contributed by atoms with Crippen LogP contribution >= 0.6 is 12.4 Å². The van der Waals surface area contributed by atoms with Gasteiger partial charge in [0.25, 0.3) is 5.91 Å². The molecule has 3 rings (SSSR count). The van der Waals surface area contributed by atoms with Gasteiger partial charge in [-0.25, -0.2) is 0 Å². The molecule has 0 radical (unpaired) electrons. The highest BCUT2D eigenvalue weighted by molar-refractivity contribution is 5.92. The smallest absolute Gasteiger partial charge is 0.276 e. The van der Waals surface area contributed by atoms with Crippen LogP contribution in [0.15, 0.2) is 10.6 Å². The molecule has 0 aliphatic carbocycles. The maximum Gasteiger partial charge on any atom is 0.276 e. The normalized spacial score (nSPS) is 23.0. The molecule has 8 heteroatoms. The van der Waals surface area contributed by atoms with Crippen molar-refractivity contribution in [2.24, 2.45) is 5.92 Å². The van der Waals surface area contributed by atoms with Gasteiger partial charge in [-0.2, -0.15) is 0 Å². The van der Waals surface area contributed by atoms with E-state index in [0.717, 1.165) is 38.8 Å². The fourth-order valence-corrected chi connectivity index (χ4v) is 3.58. The minimum absolute atomic E-state index is 0. The number of hydrogen-bond donors (Lipinski definition) is 2. The molecule has 0 bridgehead atoms. The quantitative estimate of drug-likeness (QED) is 0.811. The molecule has 152 valence electrons. The van der Waals surface area contributed by atoms with Crippen molar-refractivity contribution in [3.05, 3.63) is 17.5 Å². The molecule has 2 saturated heterocycles. The molecular formula is C19H31ClN4O3. The Hall–Kier alpha value is -1.60. The van der Waals surface area contributed by atoms with E-state index in [4.69, 9.17) is 4.52 Å². The Morgan fingerprint density at radius 2 is 2.11 bits per heavy atom. The van der Waals surface area contributed by atoms with Crippen molar-refractivity contribution >= 4 is 24.2 Å². The maximum absolute atomic E-state index is 12.7. The second-order valence-electron chi connectivity index (χ2n) is 8.48. The number of hydrogen-bond acceptors (Lipinski definition) is 5. The lowest BCUT2D eigenvalue weighted by Crippen LogP contribution is -2.46. The van der Waals surface area contributed by atoms with Crippen molar-refractivity contribution in [1.82, 2.24) is 20.7 Å². The van der Waals surface area contributed by atoms with E-state index in [9.17, 15) is 9.59 Å². The molecule has 2 N–H and O–H groups in total. The van der Waals surface area contributed by atoms with Gasteiger partial charge in [0.05, 0.1) is 6.04 Å². The molecule has 1 aromatic rings. The van der Waals surface area contributed by atoms with Crippen molar-refractivity contribution in [3.8, 4) is 0 Å². The van der Waals surface area contributed by atoms with Gasteiger partial charge < -0.3 is 20.1 Å². The largest absolute Gasteiger partial charge is 0.360 e. The molecule has 2 aliphatic rings. The maximum atomic E-state index is 12.7. The third-order valence-corrected chi connectivity index (χ3v) is 5.22. The molecule has 3 heterocycles. The van der Waals surface area contributed by atoms with Crippen LogP contribution in [0.4, 0.5) is 0 Å². The average Bonchev–Trinajstić information content (AvgIpc) is 3.30. The fourth-order valence-electron chi connectivity index (χ4n) is 3.58. The van der Waals surface area contributed by atoms with Crippen LogP contribution in [0.25, 0.3) is 0 Å². The molecule has 7 nitrogen and oxygen atoms in total. The Morgan fingerprint density at radius 1 is 1.33 bits per heavy atom. The summed E-state index contributed by atoms with van der Waals surface area (Å²) in [5.41, 5.74) is 0.198. The van der Waals surface area contributed by atoms with Gasteiger partial charge in [-0.3, -0.25) is 9.59 Å². The number of carbonyl (C=O) groups is 2. The summed E-state index contributed by atoms with van der Waals surface area (Å²) < 4.78 is 5.34. The highest BCUT2D eigenvalue weighted by Crippen LogP contribution is 2.24. The molecule has 2 aliphatic heterocycles. The first-order chi connectivity index (χ1) is 12.3. The number of amides is 2. The zero-order valence-electron chi connectivity index (χ0n) is 16.4. The predicted molar refractivity (Wildman–Crippen MR) is 105 cm³/mol. The zero-order valence-corrected chi connectivity index (χ0v) is 17.2. The molecule has 2 amide bonds. The van der Waals surface area contributed by atoms with Gasteiger partial charge >= 0.3 is 0 Å². The van der Waals surface area contributed by atoms with Crippen LogP contribution in [0.2, 0.25) is 0 Å².